The molecule has 9 nitrogen and oxygen atoms in total. The van der Waals surface area contributed by atoms with Crippen molar-refractivity contribution in [1.29, 1.82) is 5.26 Å². The number of alkyl halides is 1. The minimum absolute atomic E-state index is 0.0143. The maximum Gasteiger partial charge on any atom is 0.319 e. The summed E-state index contributed by atoms with van der Waals surface area (Å²) in [5.74, 6) is -1.08. The van der Waals surface area contributed by atoms with Crippen molar-refractivity contribution in [2.24, 2.45) is 0 Å². The number of fused-ring (bicyclic) bond motifs is 2. The topological polar surface area (TPSA) is 121 Å². The molecule has 14 heteroatoms. The Labute approximate surface area is 259 Å². The summed E-state index contributed by atoms with van der Waals surface area (Å²) in [5.41, 5.74) is 5.43. The first-order chi connectivity index (χ1) is 21.1. The molecule has 5 heterocycles. The molecule has 0 radical (unpaired) electrons. The van der Waals surface area contributed by atoms with E-state index in [1.807, 2.05) is 6.07 Å². The summed E-state index contributed by atoms with van der Waals surface area (Å²) in [6.45, 7) is 3.45. The number of thiophene rings is 1. The zero-order valence-electron chi connectivity index (χ0n) is 23.7. The molecule has 3 aliphatic heterocycles. The number of anilines is 2. The quantitative estimate of drug-likeness (QED) is 0.283. The molecular weight excluding hydrogens is 617 g/mol. The van der Waals surface area contributed by atoms with Crippen molar-refractivity contribution in [2.45, 2.75) is 44.0 Å². The van der Waals surface area contributed by atoms with Gasteiger partial charge in [-0.05, 0) is 37.9 Å². The van der Waals surface area contributed by atoms with Gasteiger partial charge >= 0.3 is 6.01 Å². The number of aromatic nitrogens is 2. The van der Waals surface area contributed by atoms with Crippen LogP contribution in [0.5, 0.6) is 11.8 Å². The number of nitriles is 1. The molecule has 0 bridgehead atoms. The van der Waals surface area contributed by atoms with E-state index in [9.17, 15) is 19.1 Å². The highest BCUT2D eigenvalue weighted by Gasteiger charge is 2.49. The molecule has 0 saturated carbocycles. The Bertz CT molecular complexity index is 1870. The highest BCUT2D eigenvalue weighted by Crippen LogP contribution is 2.51. The summed E-state index contributed by atoms with van der Waals surface area (Å²) in [6.07, 6.45) is 0.307. The van der Waals surface area contributed by atoms with E-state index >= 15 is 4.39 Å². The van der Waals surface area contributed by atoms with Crippen LogP contribution in [0.1, 0.15) is 31.7 Å². The molecule has 230 valence electrons. The first kappa shape index (κ1) is 29.2. The normalized spacial score (nSPS) is 22.2. The monoisotopic (exact) mass is 644 g/mol. The van der Waals surface area contributed by atoms with Gasteiger partial charge in [0.05, 0.1) is 38.9 Å². The van der Waals surface area contributed by atoms with Gasteiger partial charge in [-0.2, -0.15) is 15.2 Å². The van der Waals surface area contributed by atoms with Gasteiger partial charge in [-0.3, -0.25) is 4.90 Å². The summed E-state index contributed by atoms with van der Waals surface area (Å²) >= 11 is 7.79. The standard InChI is InChI=1S/C30H28ClF3N6O3S/c1-14(41)11-39-7-8-42-25-21-24(37-29(38-28(21)39)43-13-30-5-2-6-40(30)12-15(32)9-30)23(34)20(22(25)31)16-3-4-18(33)26-19(16)17(10-35)27(36)44-26/h3-4,14-15,41H,2,5-9,11-13,36H2,1H3/t14-,15-,30+/m1/s1. The number of aliphatic hydroxyl groups is 1. The highest BCUT2D eigenvalue weighted by atomic mass is 35.5. The van der Waals surface area contributed by atoms with E-state index in [0.717, 1.165) is 30.7 Å². The third kappa shape index (κ3) is 4.50. The fourth-order valence-electron chi connectivity index (χ4n) is 6.92. The molecular formula is C30H28ClF3N6O3S. The zero-order valence-corrected chi connectivity index (χ0v) is 25.2. The zero-order chi connectivity index (χ0) is 30.9. The van der Waals surface area contributed by atoms with Gasteiger partial charge in [0.25, 0.3) is 0 Å². The number of β-amino-alcohol motifs (C(OH)–C–C–N with tert-alkyl or cyclic N) is 1. The van der Waals surface area contributed by atoms with Crippen molar-refractivity contribution in [3.05, 3.63) is 34.4 Å². The number of halogens is 4. The molecule has 0 amide bonds. The Morgan fingerprint density at radius 2 is 2.14 bits per heavy atom. The van der Waals surface area contributed by atoms with E-state index in [0.29, 0.717) is 19.5 Å². The second-order valence-electron chi connectivity index (χ2n) is 11.6. The summed E-state index contributed by atoms with van der Waals surface area (Å²) < 4.78 is 58.5. The lowest BCUT2D eigenvalue weighted by Crippen LogP contribution is -2.43. The van der Waals surface area contributed by atoms with Gasteiger partial charge in [-0.15, -0.1) is 11.3 Å². The van der Waals surface area contributed by atoms with Crippen molar-refractivity contribution in [1.82, 2.24) is 14.9 Å². The third-order valence-corrected chi connectivity index (χ3v) is 10.2. The van der Waals surface area contributed by atoms with Gasteiger partial charge in [0.1, 0.15) is 47.6 Å². The Balaban J connectivity index is 1.45. The molecule has 2 aromatic carbocycles. The number of nitrogen functional groups attached to an aromatic ring is 1. The smallest absolute Gasteiger partial charge is 0.319 e. The van der Waals surface area contributed by atoms with Crippen LogP contribution >= 0.6 is 22.9 Å². The maximum atomic E-state index is 16.9. The maximum absolute atomic E-state index is 16.9. The predicted octanol–water partition coefficient (Wildman–Crippen LogP) is 5.43. The number of benzene rings is 2. The molecule has 2 fully saturated rings. The number of aliphatic hydroxyl groups excluding tert-OH is 1. The molecule has 2 saturated heterocycles. The molecule has 3 N–H and O–H groups in total. The van der Waals surface area contributed by atoms with Crippen LogP contribution in [0.4, 0.5) is 24.0 Å². The average molecular weight is 645 g/mol. The van der Waals surface area contributed by atoms with Crippen molar-refractivity contribution in [3.8, 4) is 29.0 Å². The summed E-state index contributed by atoms with van der Waals surface area (Å²) in [6, 6.07) is 4.41. The molecule has 7 rings (SSSR count). The van der Waals surface area contributed by atoms with Gasteiger partial charge in [0.2, 0.25) is 0 Å². The van der Waals surface area contributed by atoms with Crippen LogP contribution in [-0.4, -0.2) is 77.2 Å². The molecule has 4 aromatic rings. The second-order valence-corrected chi connectivity index (χ2v) is 13.1. The lowest BCUT2D eigenvalue weighted by Gasteiger charge is -2.31. The van der Waals surface area contributed by atoms with Crippen molar-refractivity contribution in [3.63, 3.8) is 0 Å². The SMILES string of the molecule is C[C@@H](O)CN1CCOc2c(Cl)c(-c3ccc(F)c4sc(N)c(C#N)c34)c(F)c3nc(OC[C@@]45CCCN4C[C@H](F)C5)nc1c23. The summed E-state index contributed by atoms with van der Waals surface area (Å²) in [4.78, 5) is 13.0. The second kappa shape index (κ2) is 10.8. The third-order valence-electron chi connectivity index (χ3n) is 8.76. The largest absolute Gasteiger partial charge is 0.489 e. The van der Waals surface area contributed by atoms with Crippen LogP contribution in [0.3, 0.4) is 0 Å². The van der Waals surface area contributed by atoms with Gasteiger partial charge in [-0.25, -0.2) is 13.2 Å². The van der Waals surface area contributed by atoms with E-state index in [2.05, 4.69) is 14.9 Å². The molecule has 3 atom stereocenters. The van der Waals surface area contributed by atoms with E-state index in [1.54, 1.807) is 11.8 Å². The lowest BCUT2D eigenvalue weighted by atomic mass is 9.95. The number of nitrogens with two attached hydrogens (primary N) is 1. The molecule has 0 aliphatic carbocycles. The molecule has 0 unspecified atom stereocenters. The van der Waals surface area contributed by atoms with Gasteiger partial charge in [-0.1, -0.05) is 17.7 Å². The van der Waals surface area contributed by atoms with Crippen LogP contribution in [-0.2, 0) is 0 Å². The number of ether oxygens (including phenoxy) is 2. The molecule has 44 heavy (non-hydrogen) atoms. The van der Waals surface area contributed by atoms with Crippen molar-refractivity contribution < 1.29 is 27.8 Å². The van der Waals surface area contributed by atoms with Crippen molar-refractivity contribution in [2.75, 3.05) is 50.0 Å². The van der Waals surface area contributed by atoms with Gasteiger partial charge in [0.15, 0.2) is 11.6 Å². The van der Waals surface area contributed by atoms with E-state index < -0.39 is 29.4 Å². The average Bonchev–Trinajstić information content (AvgIpc) is 3.58. The van der Waals surface area contributed by atoms with Gasteiger partial charge < -0.3 is 25.2 Å². The highest BCUT2D eigenvalue weighted by molar-refractivity contribution is 7.23. The van der Waals surface area contributed by atoms with Crippen LogP contribution in [0.2, 0.25) is 5.02 Å². The summed E-state index contributed by atoms with van der Waals surface area (Å²) in [5, 5.41) is 20.4. The van der Waals surface area contributed by atoms with Crippen molar-refractivity contribution >= 4 is 54.7 Å². The van der Waals surface area contributed by atoms with Crippen LogP contribution in [0, 0.1) is 23.0 Å². The van der Waals surface area contributed by atoms with Crippen LogP contribution < -0.4 is 20.1 Å². The molecule has 2 aromatic heterocycles. The fourth-order valence-corrected chi connectivity index (χ4v) is 8.20. The number of hydrogen-bond donors (Lipinski definition) is 2. The Hall–Kier alpha value is -3.57. The van der Waals surface area contributed by atoms with E-state index in [4.69, 9.17) is 26.8 Å². The Kier molecular flexibility index (Phi) is 7.16. The first-order valence-electron chi connectivity index (χ1n) is 14.3. The van der Waals surface area contributed by atoms with Crippen LogP contribution in [0.15, 0.2) is 12.1 Å². The molecule has 3 aliphatic rings. The van der Waals surface area contributed by atoms with Gasteiger partial charge in [0, 0.05) is 30.5 Å². The molecule has 0 spiro atoms. The first-order valence-corrected chi connectivity index (χ1v) is 15.5. The minimum atomic E-state index is -0.957. The van der Waals surface area contributed by atoms with E-state index in [-0.39, 0.29) is 85.0 Å². The Morgan fingerprint density at radius 3 is 2.91 bits per heavy atom. The Morgan fingerprint density at radius 1 is 1.32 bits per heavy atom. The number of nitrogens with zero attached hydrogens (tertiary/aromatic N) is 5. The fraction of sp³-hybridized carbons (Fsp3) is 0.433. The van der Waals surface area contributed by atoms with E-state index in [1.165, 1.54) is 12.1 Å². The van der Waals surface area contributed by atoms with Crippen LogP contribution in [0.25, 0.3) is 32.1 Å². The summed E-state index contributed by atoms with van der Waals surface area (Å²) in [7, 11) is 0. The number of hydrogen-bond acceptors (Lipinski definition) is 10. The predicted molar refractivity (Wildman–Crippen MR) is 162 cm³/mol. The lowest BCUT2D eigenvalue weighted by molar-refractivity contribution is 0.107. The number of rotatable bonds is 6. The minimum Gasteiger partial charge on any atom is -0.489 e.